The Balaban J connectivity index is 2.04. The molecule has 0 aromatic heterocycles. The second kappa shape index (κ2) is 6.75. The first-order valence-corrected chi connectivity index (χ1v) is 6.26. The van der Waals surface area contributed by atoms with E-state index in [-0.39, 0.29) is 0 Å². The Kier molecular flexibility index (Phi) is 5.82. The molecule has 0 aromatic carbocycles. The lowest BCUT2D eigenvalue weighted by Gasteiger charge is -2.15. The molecule has 0 aromatic rings. The van der Waals surface area contributed by atoms with Crippen LogP contribution in [0.4, 0.5) is 0 Å². The highest BCUT2D eigenvalue weighted by Gasteiger charge is 2.09. The van der Waals surface area contributed by atoms with Crippen molar-refractivity contribution >= 4 is 11.8 Å². The van der Waals surface area contributed by atoms with Crippen LogP contribution < -0.4 is 10.6 Å². The summed E-state index contributed by atoms with van der Waals surface area (Å²) < 4.78 is 0. The second-order valence-electron chi connectivity index (χ2n) is 3.34. The Hall–Kier alpha value is 0.270. The van der Waals surface area contributed by atoms with Crippen LogP contribution in [0, 0.1) is 0 Å². The molecule has 3 heteroatoms. The predicted molar refractivity (Wildman–Crippen MR) is 56.9 cm³/mol. The van der Waals surface area contributed by atoms with Gasteiger partial charge in [0.1, 0.15) is 0 Å². The van der Waals surface area contributed by atoms with Crippen molar-refractivity contribution in [3.05, 3.63) is 0 Å². The Morgan fingerprint density at radius 2 is 2.42 bits per heavy atom. The van der Waals surface area contributed by atoms with Gasteiger partial charge in [0, 0.05) is 24.9 Å². The Bertz CT molecular complexity index is 101. The molecule has 2 nitrogen and oxygen atoms in total. The summed E-state index contributed by atoms with van der Waals surface area (Å²) in [6.45, 7) is 3.53. The molecule has 1 aliphatic rings. The van der Waals surface area contributed by atoms with E-state index >= 15 is 0 Å². The van der Waals surface area contributed by atoms with E-state index in [1.54, 1.807) is 0 Å². The van der Waals surface area contributed by atoms with E-state index in [1.165, 1.54) is 31.6 Å². The lowest BCUT2D eigenvalue weighted by molar-refractivity contribution is 0.490. The topological polar surface area (TPSA) is 24.1 Å². The van der Waals surface area contributed by atoms with Crippen molar-refractivity contribution in [2.45, 2.75) is 25.3 Å². The number of rotatable bonds is 4. The number of nitrogens with one attached hydrogen (secondary N) is 2. The van der Waals surface area contributed by atoms with Crippen LogP contribution in [0.2, 0.25) is 0 Å². The highest BCUT2D eigenvalue weighted by Crippen LogP contribution is 2.03. The van der Waals surface area contributed by atoms with Crippen molar-refractivity contribution in [1.29, 1.82) is 0 Å². The smallest absolute Gasteiger partial charge is 0.0192 e. The van der Waals surface area contributed by atoms with Crippen LogP contribution >= 0.6 is 11.8 Å². The van der Waals surface area contributed by atoms with Crippen molar-refractivity contribution in [3.8, 4) is 0 Å². The molecule has 0 amide bonds. The molecule has 1 unspecified atom stereocenters. The summed E-state index contributed by atoms with van der Waals surface area (Å²) >= 11 is 1.91. The maximum Gasteiger partial charge on any atom is 0.0192 e. The maximum absolute atomic E-state index is 3.58. The van der Waals surface area contributed by atoms with Crippen LogP contribution in [0.25, 0.3) is 0 Å². The van der Waals surface area contributed by atoms with Gasteiger partial charge in [0.05, 0.1) is 0 Å². The molecule has 1 atom stereocenters. The lowest BCUT2D eigenvalue weighted by atomic mass is 10.1. The minimum Gasteiger partial charge on any atom is -0.315 e. The summed E-state index contributed by atoms with van der Waals surface area (Å²) in [6, 6.07) is 0.722. The molecular formula is C9H20N2S. The van der Waals surface area contributed by atoms with E-state index < -0.39 is 0 Å². The number of hydrogen-bond donors (Lipinski definition) is 2. The molecule has 1 aliphatic heterocycles. The highest BCUT2D eigenvalue weighted by atomic mass is 32.2. The number of hydrogen-bond acceptors (Lipinski definition) is 3. The van der Waals surface area contributed by atoms with Gasteiger partial charge in [-0.2, -0.15) is 11.8 Å². The monoisotopic (exact) mass is 188 g/mol. The molecule has 1 saturated heterocycles. The van der Waals surface area contributed by atoms with Gasteiger partial charge in [-0.15, -0.1) is 0 Å². The van der Waals surface area contributed by atoms with Gasteiger partial charge in [-0.05, 0) is 25.6 Å². The highest BCUT2D eigenvalue weighted by molar-refractivity contribution is 7.98. The fourth-order valence-electron chi connectivity index (χ4n) is 1.56. The minimum absolute atomic E-state index is 0.722. The summed E-state index contributed by atoms with van der Waals surface area (Å²) in [5, 5.41) is 7.03. The van der Waals surface area contributed by atoms with Gasteiger partial charge in [-0.3, -0.25) is 0 Å². The van der Waals surface area contributed by atoms with Crippen LogP contribution in [0.3, 0.4) is 0 Å². The van der Waals surface area contributed by atoms with Gasteiger partial charge in [-0.1, -0.05) is 6.42 Å². The zero-order valence-corrected chi connectivity index (χ0v) is 8.75. The van der Waals surface area contributed by atoms with Crippen molar-refractivity contribution in [2.75, 3.05) is 31.6 Å². The molecule has 0 aliphatic carbocycles. The van der Waals surface area contributed by atoms with Crippen LogP contribution in [-0.4, -0.2) is 37.7 Å². The normalized spacial score (nSPS) is 25.2. The van der Waals surface area contributed by atoms with Gasteiger partial charge in [0.15, 0.2) is 0 Å². The van der Waals surface area contributed by atoms with E-state index in [4.69, 9.17) is 0 Å². The van der Waals surface area contributed by atoms with E-state index in [1.807, 2.05) is 11.8 Å². The summed E-state index contributed by atoms with van der Waals surface area (Å²) in [4.78, 5) is 0. The molecular weight excluding hydrogens is 168 g/mol. The lowest BCUT2D eigenvalue weighted by Crippen LogP contribution is -2.38. The standard InChI is InChI=1S/C9H20N2S/c1-12-7-6-11-9-4-2-3-5-10-8-9/h9-11H,2-8H2,1H3. The van der Waals surface area contributed by atoms with E-state index in [0.29, 0.717) is 0 Å². The Morgan fingerprint density at radius 3 is 3.25 bits per heavy atom. The van der Waals surface area contributed by atoms with Crippen molar-refractivity contribution in [3.63, 3.8) is 0 Å². The molecule has 0 spiro atoms. The van der Waals surface area contributed by atoms with Gasteiger partial charge < -0.3 is 10.6 Å². The molecule has 72 valence electrons. The number of thioether (sulfide) groups is 1. The van der Waals surface area contributed by atoms with E-state index in [0.717, 1.165) is 19.1 Å². The largest absolute Gasteiger partial charge is 0.315 e. The summed E-state index contributed by atoms with van der Waals surface area (Å²) in [7, 11) is 0. The molecule has 1 rings (SSSR count). The Labute approximate surface area is 79.9 Å². The Morgan fingerprint density at radius 1 is 1.50 bits per heavy atom. The quantitative estimate of drug-likeness (QED) is 0.646. The summed E-state index contributed by atoms with van der Waals surface area (Å²) in [5.41, 5.74) is 0. The molecule has 1 heterocycles. The fourth-order valence-corrected chi connectivity index (χ4v) is 1.88. The van der Waals surface area contributed by atoms with Crippen LogP contribution in [-0.2, 0) is 0 Å². The third-order valence-electron chi connectivity index (χ3n) is 2.29. The van der Waals surface area contributed by atoms with Crippen molar-refractivity contribution < 1.29 is 0 Å². The fraction of sp³-hybridized carbons (Fsp3) is 1.00. The van der Waals surface area contributed by atoms with Crippen LogP contribution in [0.1, 0.15) is 19.3 Å². The SMILES string of the molecule is CSCCNC1CCCCNC1. The van der Waals surface area contributed by atoms with Gasteiger partial charge in [0.2, 0.25) is 0 Å². The van der Waals surface area contributed by atoms with Gasteiger partial charge in [0.25, 0.3) is 0 Å². The zero-order valence-electron chi connectivity index (χ0n) is 7.94. The van der Waals surface area contributed by atoms with E-state index in [9.17, 15) is 0 Å². The predicted octanol–water partition coefficient (Wildman–Crippen LogP) is 1.08. The second-order valence-corrected chi connectivity index (χ2v) is 4.33. The van der Waals surface area contributed by atoms with E-state index in [2.05, 4.69) is 16.9 Å². The molecule has 0 bridgehead atoms. The van der Waals surface area contributed by atoms with Crippen LogP contribution in [0.5, 0.6) is 0 Å². The zero-order chi connectivity index (χ0) is 8.65. The molecule has 0 saturated carbocycles. The third kappa shape index (κ3) is 4.33. The molecule has 2 N–H and O–H groups in total. The summed E-state index contributed by atoms with van der Waals surface area (Å²) in [6.07, 6.45) is 6.24. The van der Waals surface area contributed by atoms with Gasteiger partial charge >= 0.3 is 0 Å². The maximum atomic E-state index is 3.58. The molecule has 1 fully saturated rings. The average Bonchev–Trinajstić information content (AvgIpc) is 2.33. The minimum atomic E-state index is 0.722. The van der Waals surface area contributed by atoms with Crippen LogP contribution in [0.15, 0.2) is 0 Å². The average molecular weight is 188 g/mol. The third-order valence-corrected chi connectivity index (χ3v) is 2.90. The first kappa shape index (κ1) is 10.4. The first-order chi connectivity index (χ1) is 5.93. The molecule has 0 radical (unpaired) electrons. The first-order valence-electron chi connectivity index (χ1n) is 4.86. The summed E-state index contributed by atoms with van der Waals surface area (Å²) in [5.74, 6) is 1.23. The van der Waals surface area contributed by atoms with Gasteiger partial charge in [-0.25, -0.2) is 0 Å². The molecule has 12 heavy (non-hydrogen) atoms. The van der Waals surface area contributed by atoms with Crippen molar-refractivity contribution in [2.24, 2.45) is 0 Å². The van der Waals surface area contributed by atoms with Crippen molar-refractivity contribution in [1.82, 2.24) is 10.6 Å².